The second-order valence-corrected chi connectivity index (χ2v) is 10.0. The average Bonchev–Trinajstić information content (AvgIpc) is 3.39. The second kappa shape index (κ2) is 11.8. The lowest BCUT2D eigenvalue weighted by molar-refractivity contribution is -0.124. The third-order valence-corrected chi connectivity index (χ3v) is 7.61. The molecule has 8 nitrogen and oxygen atoms in total. The van der Waals surface area contributed by atoms with E-state index in [9.17, 15) is 14.4 Å². The third-order valence-electron chi connectivity index (χ3n) is 7.61. The van der Waals surface area contributed by atoms with Crippen LogP contribution >= 0.6 is 0 Å². The molecule has 0 saturated carbocycles. The Morgan fingerprint density at radius 2 is 1.97 bits per heavy atom. The van der Waals surface area contributed by atoms with Crippen LogP contribution < -0.4 is 15.8 Å². The molecule has 0 unspecified atom stereocenters. The smallest absolute Gasteiger partial charge is 0.253 e. The number of ether oxygens (including phenoxy) is 1. The molecule has 0 aliphatic carbocycles. The Morgan fingerprint density at radius 1 is 1.24 bits per heavy atom. The fourth-order valence-electron chi connectivity index (χ4n) is 5.58. The van der Waals surface area contributed by atoms with Gasteiger partial charge in [0.2, 0.25) is 5.91 Å². The number of carbonyl (C=O) groups excluding carboxylic acids is 2. The van der Waals surface area contributed by atoms with Gasteiger partial charge >= 0.3 is 0 Å². The molecule has 3 heterocycles. The van der Waals surface area contributed by atoms with Crippen molar-refractivity contribution in [2.45, 2.75) is 53.1 Å². The number of benzene rings is 1. The van der Waals surface area contributed by atoms with Crippen molar-refractivity contribution in [2.75, 3.05) is 37.7 Å². The molecule has 2 aliphatic heterocycles. The highest BCUT2D eigenvalue weighted by Crippen LogP contribution is 2.37. The quantitative estimate of drug-likeness (QED) is 0.521. The molecule has 1 fully saturated rings. The number of pyridine rings is 1. The van der Waals surface area contributed by atoms with E-state index in [0.717, 1.165) is 53.0 Å². The van der Waals surface area contributed by atoms with E-state index in [4.69, 9.17) is 4.74 Å². The van der Waals surface area contributed by atoms with E-state index in [-0.39, 0.29) is 23.9 Å². The van der Waals surface area contributed by atoms with Gasteiger partial charge in [0.15, 0.2) is 0 Å². The number of nitrogens with zero attached hydrogens (tertiary/aromatic N) is 2. The number of carbonyl (C=O) groups is 2. The molecule has 2 aliphatic rings. The number of aromatic nitrogens is 1. The molecule has 2 N–H and O–H groups in total. The minimum atomic E-state index is -0.221. The van der Waals surface area contributed by atoms with Crippen molar-refractivity contribution in [1.82, 2.24) is 15.2 Å². The Morgan fingerprint density at radius 3 is 2.63 bits per heavy atom. The molecule has 0 bridgehead atoms. The second-order valence-electron chi connectivity index (χ2n) is 10.0. The number of hydrogen-bond acceptors (Lipinski definition) is 5. The summed E-state index contributed by atoms with van der Waals surface area (Å²) < 4.78 is 5.62. The molecular formula is C30H38N4O4. The van der Waals surface area contributed by atoms with Gasteiger partial charge in [-0.2, -0.15) is 0 Å². The Hall–Kier alpha value is -3.65. The highest BCUT2D eigenvalue weighted by atomic mass is 16.5. The molecule has 8 heteroatoms. The van der Waals surface area contributed by atoms with Crippen LogP contribution in [-0.4, -0.2) is 60.6 Å². The van der Waals surface area contributed by atoms with Crippen LogP contribution in [0.15, 0.2) is 41.7 Å². The number of hydrogen-bond donors (Lipinski definition) is 2. The monoisotopic (exact) mass is 518 g/mol. The fourth-order valence-corrected chi connectivity index (χ4v) is 5.58. The third kappa shape index (κ3) is 5.60. The summed E-state index contributed by atoms with van der Waals surface area (Å²) in [7, 11) is 0. The van der Waals surface area contributed by atoms with E-state index in [1.807, 2.05) is 39.0 Å². The standard InChI is InChI=1S/C30H38N4O4/c1-6-27(35)33-13-10-22(18-33)25-9-8-24(21(5)28(25)34(7-2)23-11-14-38-15-12-23)29(36)31-17-26-19(3)16-20(4)32-30(26)37/h6,8-10,16,23H,1,7,11-15,17-18H2,2-5H3,(H,31,36)(H,32,37). The predicted molar refractivity (Wildman–Crippen MR) is 151 cm³/mol. The summed E-state index contributed by atoms with van der Waals surface area (Å²) in [6.45, 7) is 14.9. The highest BCUT2D eigenvalue weighted by molar-refractivity contribution is 5.99. The van der Waals surface area contributed by atoms with Crippen LogP contribution in [0.4, 0.5) is 5.69 Å². The van der Waals surface area contributed by atoms with Crippen LogP contribution in [0.3, 0.4) is 0 Å². The zero-order chi connectivity index (χ0) is 27.4. The topological polar surface area (TPSA) is 94.7 Å². The summed E-state index contributed by atoms with van der Waals surface area (Å²) in [4.78, 5) is 45.1. The maximum atomic E-state index is 13.4. The number of aromatic amines is 1. The number of anilines is 1. The zero-order valence-corrected chi connectivity index (χ0v) is 22.9. The van der Waals surface area contributed by atoms with Crippen LogP contribution in [-0.2, 0) is 16.1 Å². The van der Waals surface area contributed by atoms with Crippen LogP contribution in [0.5, 0.6) is 0 Å². The van der Waals surface area contributed by atoms with Crippen molar-refractivity contribution in [3.63, 3.8) is 0 Å². The first kappa shape index (κ1) is 27.4. The van der Waals surface area contributed by atoms with E-state index in [1.54, 1.807) is 4.90 Å². The zero-order valence-electron chi connectivity index (χ0n) is 22.9. The number of H-pyrrole nitrogens is 1. The highest BCUT2D eigenvalue weighted by Gasteiger charge is 2.29. The maximum Gasteiger partial charge on any atom is 0.253 e. The summed E-state index contributed by atoms with van der Waals surface area (Å²) in [6, 6.07) is 6.05. The molecule has 1 aromatic heterocycles. The van der Waals surface area contributed by atoms with Gasteiger partial charge in [0, 0.05) is 73.5 Å². The Kier molecular flexibility index (Phi) is 8.52. The molecule has 202 valence electrons. The molecule has 0 radical (unpaired) electrons. The van der Waals surface area contributed by atoms with Gasteiger partial charge in [-0.1, -0.05) is 18.7 Å². The molecular weight excluding hydrogens is 480 g/mol. The summed E-state index contributed by atoms with van der Waals surface area (Å²) in [6.07, 6.45) is 5.26. The fraction of sp³-hybridized carbons (Fsp3) is 0.433. The summed E-state index contributed by atoms with van der Waals surface area (Å²) in [5, 5.41) is 2.96. The van der Waals surface area contributed by atoms with Crippen molar-refractivity contribution < 1.29 is 14.3 Å². The lowest BCUT2D eigenvalue weighted by Gasteiger charge is -2.38. The SMILES string of the molecule is C=CC(=O)N1CC=C(c2ccc(C(=O)NCc3c(C)cc(C)[nH]c3=O)c(C)c2N(CC)C2CCOCC2)C1. The molecule has 0 spiro atoms. The van der Waals surface area contributed by atoms with Gasteiger partial charge in [-0.3, -0.25) is 14.4 Å². The van der Waals surface area contributed by atoms with E-state index in [2.05, 4.69) is 34.8 Å². The maximum absolute atomic E-state index is 13.4. The van der Waals surface area contributed by atoms with E-state index in [1.165, 1.54) is 6.08 Å². The molecule has 1 saturated heterocycles. The molecule has 2 aromatic rings. The lowest BCUT2D eigenvalue weighted by atomic mass is 9.93. The Bertz CT molecular complexity index is 1320. The van der Waals surface area contributed by atoms with Gasteiger partial charge in [0.05, 0.1) is 0 Å². The predicted octanol–water partition coefficient (Wildman–Crippen LogP) is 3.65. The summed E-state index contributed by atoms with van der Waals surface area (Å²) >= 11 is 0. The van der Waals surface area contributed by atoms with Crippen LogP contribution in [0, 0.1) is 20.8 Å². The van der Waals surface area contributed by atoms with Crippen molar-refractivity contribution in [2.24, 2.45) is 0 Å². The first-order valence-corrected chi connectivity index (χ1v) is 13.3. The minimum absolute atomic E-state index is 0.0938. The number of rotatable bonds is 8. The van der Waals surface area contributed by atoms with Crippen molar-refractivity contribution in [3.05, 3.63) is 80.8 Å². The average molecular weight is 519 g/mol. The Balaban J connectivity index is 1.69. The first-order valence-electron chi connectivity index (χ1n) is 13.3. The summed E-state index contributed by atoms with van der Waals surface area (Å²) in [5.74, 6) is -0.315. The largest absolute Gasteiger partial charge is 0.381 e. The van der Waals surface area contributed by atoms with Gasteiger partial charge in [0.1, 0.15) is 0 Å². The lowest BCUT2D eigenvalue weighted by Crippen LogP contribution is -2.40. The number of nitrogens with one attached hydrogen (secondary N) is 2. The number of amides is 2. The Labute approximate surface area is 224 Å². The normalized spacial score (nSPS) is 15.8. The van der Waals surface area contributed by atoms with Crippen LogP contribution in [0.25, 0.3) is 5.57 Å². The van der Waals surface area contributed by atoms with Crippen molar-refractivity contribution >= 4 is 23.1 Å². The van der Waals surface area contributed by atoms with Gasteiger partial charge in [-0.15, -0.1) is 0 Å². The van der Waals surface area contributed by atoms with E-state index >= 15 is 0 Å². The number of aryl methyl sites for hydroxylation is 2. The molecule has 38 heavy (non-hydrogen) atoms. The van der Waals surface area contributed by atoms with Crippen molar-refractivity contribution in [3.8, 4) is 0 Å². The van der Waals surface area contributed by atoms with Crippen LogP contribution in [0.1, 0.15) is 58.1 Å². The molecule has 4 rings (SSSR count). The van der Waals surface area contributed by atoms with Gasteiger partial charge in [0.25, 0.3) is 11.5 Å². The minimum Gasteiger partial charge on any atom is -0.381 e. The van der Waals surface area contributed by atoms with Gasteiger partial charge in [-0.05, 0) is 75.4 Å². The molecule has 1 aromatic carbocycles. The van der Waals surface area contributed by atoms with Gasteiger partial charge in [-0.25, -0.2) is 0 Å². The van der Waals surface area contributed by atoms with Crippen LogP contribution in [0.2, 0.25) is 0 Å². The van der Waals surface area contributed by atoms with E-state index in [0.29, 0.717) is 43.5 Å². The summed E-state index contributed by atoms with van der Waals surface area (Å²) in [5.41, 5.74) is 6.61. The van der Waals surface area contributed by atoms with Gasteiger partial charge < -0.3 is 24.8 Å². The van der Waals surface area contributed by atoms with Crippen molar-refractivity contribution in [1.29, 1.82) is 0 Å². The molecule has 2 amide bonds. The molecule has 0 atom stereocenters. The van der Waals surface area contributed by atoms with E-state index < -0.39 is 0 Å². The first-order chi connectivity index (χ1) is 18.2.